The van der Waals surface area contributed by atoms with E-state index in [0.717, 1.165) is 48.3 Å². The maximum atomic E-state index is 12.3. The number of hydrogen-bond donors (Lipinski definition) is 1. The van der Waals surface area contributed by atoms with Crippen LogP contribution in [-0.4, -0.2) is 35.2 Å². The lowest BCUT2D eigenvalue weighted by atomic mass is 10.1. The van der Waals surface area contributed by atoms with Crippen molar-refractivity contribution < 1.29 is 0 Å². The number of benzene rings is 1. The van der Waals surface area contributed by atoms with Crippen molar-refractivity contribution >= 4 is 17.4 Å². The minimum Gasteiger partial charge on any atom is -0.351 e. The zero-order valence-electron chi connectivity index (χ0n) is 14.1. The van der Waals surface area contributed by atoms with Crippen LogP contribution in [0.1, 0.15) is 18.3 Å². The summed E-state index contributed by atoms with van der Waals surface area (Å²) in [7, 11) is 1.79. The molecule has 0 aliphatic carbocycles. The molecule has 0 saturated carbocycles. The van der Waals surface area contributed by atoms with Crippen LogP contribution < -0.4 is 15.8 Å². The number of hydrogen-bond acceptors (Lipinski definition) is 4. The number of halogens is 1. The Morgan fingerprint density at radius 3 is 2.92 bits per heavy atom. The molecule has 1 N–H and O–H groups in total. The highest BCUT2D eigenvalue weighted by molar-refractivity contribution is 6.30. The van der Waals surface area contributed by atoms with E-state index < -0.39 is 0 Å². The van der Waals surface area contributed by atoms with Crippen LogP contribution >= 0.6 is 11.6 Å². The van der Waals surface area contributed by atoms with E-state index in [1.54, 1.807) is 17.7 Å². The van der Waals surface area contributed by atoms with Gasteiger partial charge in [0.05, 0.1) is 0 Å². The van der Waals surface area contributed by atoms with Crippen molar-refractivity contribution in [3.63, 3.8) is 0 Å². The van der Waals surface area contributed by atoms with Crippen molar-refractivity contribution in [2.24, 2.45) is 7.05 Å². The fraction of sp³-hybridized carbons (Fsp3) is 0.444. The van der Waals surface area contributed by atoms with E-state index in [2.05, 4.69) is 17.1 Å². The summed E-state index contributed by atoms with van der Waals surface area (Å²) >= 11 is 6.04. The maximum absolute atomic E-state index is 12.3. The van der Waals surface area contributed by atoms with Crippen molar-refractivity contribution in [2.45, 2.75) is 25.8 Å². The average molecular weight is 347 g/mol. The number of nitrogens with one attached hydrogen (secondary N) is 1. The second-order valence-corrected chi connectivity index (χ2v) is 6.74. The third-order valence-electron chi connectivity index (χ3n) is 4.54. The molecule has 1 fully saturated rings. The van der Waals surface area contributed by atoms with Crippen molar-refractivity contribution in [3.8, 4) is 0 Å². The van der Waals surface area contributed by atoms with Crippen molar-refractivity contribution in [1.29, 1.82) is 0 Å². The van der Waals surface area contributed by atoms with Crippen LogP contribution in [-0.2, 0) is 19.9 Å². The van der Waals surface area contributed by atoms with Crippen LogP contribution in [0, 0.1) is 0 Å². The van der Waals surface area contributed by atoms with E-state index in [0.29, 0.717) is 12.5 Å². The summed E-state index contributed by atoms with van der Waals surface area (Å²) in [5, 5.41) is 4.10. The second-order valence-electron chi connectivity index (χ2n) is 6.30. The summed E-state index contributed by atoms with van der Waals surface area (Å²) in [6, 6.07) is 9.80. The first-order valence-electron chi connectivity index (χ1n) is 8.33. The Labute approximate surface area is 147 Å². The van der Waals surface area contributed by atoms with Crippen LogP contribution in [0.2, 0.25) is 5.02 Å². The van der Waals surface area contributed by atoms with Gasteiger partial charge in [-0.2, -0.15) is 0 Å². The van der Waals surface area contributed by atoms with E-state index in [-0.39, 0.29) is 5.56 Å². The van der Waals surface area contributed by atoms with Gasteiger partial charge in [-0.25, -0.2) is 4.98 Å². The van der Waals surface area contributed by atoms with Crippen molar-refractivity contribution in [3.05, 3.63) is 57.1 Å². The predicted molar refractivity (Wildman–Crippen MR) is 98.0 cm³/mol. The summed E-state index contributed by atoms with van der Waals surface area (Å²) in [6.45, 7) is 4.85. The molecule has 1 aliphatic rings. The van der Waals surface area contributed by atoms with Crippen molar-refractivity contribution in [2.75, 3.05) is 24.5 Å². The summed E-state index contributed by atoms with van der Waals surface area (Å²) in [6.07, 6.45) is 1.52. The summed E-state index contributed by atoms with van der Waals surface area (Å²) < 4.78 is 1.64. The highest BCUT2D eigenvalue weighted by atomic mass is 35.5. The minimum atomic E-state index is -0.00757. The van der Waals surface area contributed by atoms with E-state index in [4.69, 9.17) is 16.6 Å². The Kier molecular flexibility index (Phi) is 5.21. The monoisotopic (exact) mass is 346 g/mol. The van der Waals surface area contributed by atoms with Gasteiger partial charge >= 0.3 is 0 Å². The fourth-order valence-electron chi connectivity index (χ4n) is 3.07. The summed E-state index contributed by atoms with van der Waals surface area (Å²) in [5.74, 6) is 1.59. The van der Waals surface area contributed by atoms with E-state index in [1.165, 1.54) is 0 Å². The number of aryl methyl sites for hydroxylation is 2. The van der Waals surface area contributed by atoms with Gasteiger partial charge in [-0.15, -0.1) is 0 Å². The second kappa shape index (κ2) is 7.36. The standard InChI is InChI=1S/C18H23ClN4O/c1-13-12-20-8-9-23(13)17-11-18(24)22(2)16(21-17)7-6-14-4-3-5-15(19)10-14/h3-5,10-11,13,20H,6-9,12H2,1-2H3/t13-/m1/s1. The van der Waals surface area contributed by atoms with Crippen LogP contribution in [0.4, 0.5) is 5.82 Å². The maximum Gasteiger partial charge on any atom is 0.255 e. The lowest BCUT2D eigenvalue weighted by molar-refractivity contribution is 0.495. The molecule has 0 bridgehead atoms. The summed E-state index contributed by atoms with van der Waals surface area (Å²) in [4.78, 5) is 19.3. The first kappa shape index (κ1) is 17.0. The van der Waals surface area contributed by atoms with E-state index in [1.807, 2.05) is 24.3 Å². The minimum absolute atomic E-state index is 0.00757. The molecule has 1 aromatic carbocycles. The van der Waals surface area contributed by atoms with Gasteiger partial charge in [-0.3, -0.25) is 9.36 Å². The molecule has 0 amide bonds. The van der Waals surface area contributed by atoms with Crippen LogP contribution in [0.15, 0.2) is 35.1 Å². The number of piperazine rings is 1. The SMILES string of the molecule is C[C@@H]1CNCCN1c1cc(=O)n(C)c(CCc2cccc(Cl)c2)n1. The van der Waals surface area contributed by atoms with Gasteiger partial charge in [0.1, 0.15) is 11.6 Å². The summed E-state index contributed by atoms with van der Waals surface area (Å²) in [5.41, 5.74) is 1.14. The van der Waals surface area contributed by atoms with Gasteiger partial charge in [-0.05, 0) is 31.0 Å². The van der Waals surface area contributed by atoms with Gasteiger partial charge in [0.25, 0.3) is 5.56 Å². The molecular formula is C18H23ClN4O. The number of nitrogens with zero attached hydrogens (tertiary/aromatic N) is 3. The van der Waals surface area contributed by atoms with Crippen LogP contribution in [0.25, 0.3) is 0 Å². The Morgan fingerprint density at radius 2 is 2.17 bits per heavy atom. The molecule has 1 aliphatic heterocycles. The fourth-order valence-corrected chi connectivity index (χ4v) is 3.29. The molecule has 6 heteroatoms. The Morgan fingerprint density at radius 1 is 1.33 bits per heavy atom. The zero-order valence-corrected chi connectivity index (χ0v) is 14.9. The number of anilines is 1. The Balaban J connectivity index is 1.83. The molecule has 2 heterocycles. The quantitative estimate of drug-likeness (QED) is 0.920. The predicted octanol–water partition coefficient (Wildman–Crippen LogP) is 2.02. The van der Waals surface area contributed by atoms with Crippen molar-refractivity contribution in [1.82, 2.24) is 14.9 Å². The van der Waals surface area contributed by atoms with Gasteiger partial charge in [0.15, 0.2) is 0 Å². The number of aromatic nitrogens is 2. The van der Waals surface area contributed by atoms with E-state index >= 15 is 0 Å². The molecule has 128 valence electrons. The third-order valence-corrected chi connectivity index (χ3v) is 4.77. The molecule has 0 radical (unpaired) electrons. The van der Waals surface area contributed by atoms with E-state index in [9.17, 15) is 4.79 Å². The molecule has 0 unspecified atom stereocenters. The first-order chi connectivity index (χ1) is 11.5. The highest BCUT2D eigenvalue weighted by Crippen LogP contribution is 2.16. The molecule has 1 saturated heterocycles. The lowest BCUT2D eigenvalue weighted by Gasteiger charge is -2.35. The Bertz CT molecular complexity index is 774. The molecule has 1 aromatic heterocycles. The van der Waals surface area contributed by atoms with Gasteiger partial charge < -0.3 is 10.2 Å². The first-order valence-corrected chi connectivity index (χ1v) is 8.71. The largest absolute Gasteiger partial charge is 0.351 e. The lowest BCUT2D eigenvalue weighted by Crippen LogP contribution is -2.50. The molecule has 24 heavy (non-hydrogen) atoms. The zero-order chi connectivity index (χ0) is 17.1. The smallest absolute Gasteiger partial charge is 0.255 e. The topological polar surface area (TPSA) is 50.2 Å². The highest BCUT2D eigenvalue weighted by Gasteiger charge is 2.20. The molecule has 5 nitrogen and oxygen atoms in total. The van der Waals surface area contributed by atoms with Crippen LogP contribution in [0.5, 0.6) is 0 Å². The third kappa shape index (κ3) is 3.79. The molecule has 1 atom stereocenters. The van der Waals surface area contributed by atoms with Gasteiger partial charge in [0.2, 0.25) is 0 Å². The molecule has 0 spiro atoms. The van der Waals surface area contributed by atoms with Crippen LogP contribution in [0.3, 0.4) is 0 Å². The molecule has 3 rings (SSSR count). The van der Waals surface area contributed by atoms with Gasteiger partial charge in [-0.1, -0.05) is 23.7 Å². The van der Waals surface area contributed by atoms with Gasteiger partial charge in [0, 0.05) is 50.2 Å². The molecule has 2 aromatic rings. The average Bonchev–Trinajstić information content (AvgIpc) is 2.56. The molecular weight excluding hydrogens is 324 g/mol. The normalized spacial score (nSPS) is 18.0. The Hall–Kier alpha value is -1.85. The number of rotatable bonds is 4.